The first-order valence-corrected chi connectivity index (χ1v) is 8.57. The van der Waals surface area contributed by atoms with Crippen LogP contribution in [0.4, 0.5) is 4.79 Å². The largest absolute Gasteiger partial charge is 0.444 e. The summed E-state index contributed by atoms with van der Waals surface area (Å²) in [5, 5.41) is 10.0. The lowest BCUT2D eigenvalue weighted by Gasteiger charge is -2.47. The van der Waals surface area contributed by atoms with Crippen LogP contribution >= 0.6 is 0 Å². The fourth-order valence-corrected chi connectivity index (χ4v) is 3.72. The molecule has 0 aliphatic carbocycles. The molecular weight excluding hydrogens is 306 g/mol. The predicted molar refractivity (Wildman–Crippen MR) is 92.8 cm³/mol. The van der Waals surface area contributed by atoms with Crippen molar-refractivity contribution in [3.05, 3.63) is 11.8 Å². The highest BCUT2D eigenvalue weighted by Crippen LogP contribution is 2.41. The van der Waals surface area contributed by atoms with E-state index in [9.17, 15) is 4.79 Å². The summed E-state index contributed by atoms with van der Waals surface area (Å²) < 4.78 is 5.53. The quantitative estimate of drug-likeness (QED) is 0.772. The predicted octanol–water partition coefficient (Wildman–Crippen LogP) is 2.51. The van der Waals surface area contributed by atoms with Crippen molar-refractivity contribution in [2.75, 3.05) is 13.1 Å². The van der Waals surface area contributed by atoms with Crippen molar-refractivity contribution in [3.8, 4) is 0 Å². The number of nitrogens with zero attached hydrogens (tertiary/aromatic N) is 3. The minimum atomic E-state index is -0.476. The van der Waals surface area contributed by atoms with E-state index < -0.39 is 5.60 Å². The van der Waals surface area contributed by atoms with Crippen LogP contribution in [0.1, 0.15) is 47.0 Å². The molecule has 3 aliphatic rings. The average molecular weight is 333 g/mol. The van der Waals surface area contributed by atoms with Crippen molar-refractivity contribution in [2.45, 2.75) is 58.1 Å². The number of carbonyl (C=O) groups is 1. The number of hydrogen-bond acceptors (Lipinski definition) is 5. The van der Waals surface area contributed by atoms with Gasteiger partial charge in [0.2, 0.25) is 0 Å². The smallest absolute Gasteiger partial charge is 0.410 e. The third-order valence-corrected chi connectivity index (χ3v) is 5.04. The number of amidine groups is 1. The van der Waals surface area contributed by atoms with Crippen LogP contribution < -0.4 is 5.43 Å². The molecule has 2 atom stereocenters. The number of ether oxygens (including phenoxy) is 1. The van der Waals surface area contributed by atoms with Crippen LogP contribution in [0.2, 0.25) is 0 Å². The molecule has 7 heteroatoms. The molecule has 1 unspecified atom stereocenters. The minimum Gasteiger partial charge on any atom is -0.444 e. The van der Waals surface area contributed by atoms with Gasteiger partial charge in [0, 0.05) is 19.0 Å². The molecule has 132 valence electrons. The van der Waals surface area contributed by atoms with Crippen molar-refractivity contribution >= 4 is 18.3 Å². The van der Waals surface area contributed by atoms with Gasteiger partial charge in [-0.3, -0.25) is 15.8 Å². The molecule has 7 nitrogen and oxygen atoms in total. The van der Waals surface area contributed by atoms with Crippen LogP contribution in [0.15, 0.2) is 16.8 Å². The zero-order chi connectivity index (χ0) is 17.5. The highest BCUT2D eigenvalue weighted by Gasteiger charge is 2.47. The van der Waals surface area contributed by atoms with E-state index >= 15 is 0 Å². The maximum Gasteiger partial charge on any atom is 0.410 e. The lowest BCUT2D eigenvalue weighted by Crippen LogP contribution is -2.59. The number of fused-ring (bicyclic) bond motifs is 1. The van der Waals surface area contributed by atoms with Gasteiger partial charge in [-0.05, 0) is 47.0 Å². The molecule has 24 heavy (non-hydrogen) atoms. The molecular formula is C17H27N5O2. The summed E-state index contributed by atoms with van der Waals surface area (Å²) in [7, 11) is 0. The Kier molecular flexibility index (Phi) is 4.05. The third kappa shape index (κ3) is 2.99. The zero-order valence-corrected chi connectivity index (χ0v) is 14.9. The lowest BCUT2D eigenvalue weighted by atomic mass is 9.78. The van der Waals surface area contributed by atoms with Gasteiger partial charge in [-0.25, -0.2) is 9.79 Å². The van der Waals surface area contributed by atoms with Crippen molar-refractivity contribution in [2.24, 2.45) is 10.9 Å². The highest BCUT2D eigenvalue weighted by molar-refractivity contribution is 6.01. The Balaban J connectivity index is 1.72. The summed E-state index contributed by atoms with van der Waals surface area (Å²) in [6.07, 6.45) is 6.26. The van der Waals surface area contributed by atoms with Crippen molar-refractivity contribution in [3.63, 3.8) is 0 Å². The summed E-state index contributed by atoms with van der Waals surface area (Å²) in [6, 6.07) is 0. The molecule has 1 amide bonds. The maximum absolute atomic E-state index is 12.4. The van der Waals surface area contributed by atoms with E-state index in [1.54, 1.807) is 6.34 Å². The second kappa shape index (κ2) is 5.79. The number of rotatable bonds is 1. The molecule has 1 fully saturated rings. The summed E-state index contributed by atoms with van der Waals surface area (Å²) in [4.78, 5) is 18.3. The van der Waals surface area contributed by atoms with E-state index in [2.05, 4.69) is 23.4 Å². The van der Waals surface area contributed by atoms with E-state index in [1.807, 2.05) is 30.7 Å². The first-order chi connectivity index (χ1) is 11.2. The van der Waals surface area contributed by atoms with Crippen LogP contribution in [-0.2, 0) is 4.74 Å². The van der Waals surface area contributed by atoms with Crippen molar-refractivity contribution in [1.82, 2.24) is 15.3 Å². The van der Waals surface area contributed by atoms with Gasteiger partial charge in [-0.2, -0.15) is 0 Å². The third-order valence-electron chi connectivity index (χ3n) is 5.04. The molecule has 2 N–H and O–H groups in total. The van der Waals surface area contributed by atoms with Crippen LogP contribution in [0.25, 0.3) is 0 Å². The number of piperidine rings is 1. The van der Waals surface area contributed by atoms with Gasteiger partial charge in [0.25, 0.3) is 0 Å². The average Bonchev–Trinajstić information content (AvgIpc) is 2.86. The normalized spacial score (nSPS) is 29.9. The summed E-state index contributed by atoms with van der Waals surface area (Å²) >= 11 is 0. The Morgan fingerprint density at radius 1 is 1.50 bits per heavy atom. The van der Waals surface area contributed by atoms with Crippen LogP contribution in [0, 0.1) is 11.3 Å². The lowest BCUT2D eigenvalue weighted by molar-refractivity contribution is -0.00369. The molecule has 0 bridgehead atoms. The second-order valence-corrected chi connectivity index (χ2v) is 7.99. The number of likely N-dealkylation sites (tertiary alicyclic amines) is 1. The minimum absolute atomic E-state index is 0.172. The van der Waals surface area contributed by atoms with Crippen LogP contribution in [0.5, 0.6) is 0 Å². The Morgan fingerprint density at radius 3 is 2.96 bits per heavy atom. The highest BCUT2D eigenvalue weighted by atomic mass is 16.6. The fraction of sp³-hybridized carbons (Fsp3) is 0.706. The van der Waals surface area contributed by atoms with E-state index in [0.717, 1.165) is 31.5 Å². The molecule has 0 aromatic carbocycles. The SMILES string of the molecule is CC(C)(C)OC(=O)N1CCC[C@@H](C2(C)CC=C3C(=N)N=CNN32)C1. The Hall–Kier alpha value is -2.05. The van der Waals surface area contributed by atoms with Crippen molar-refractivity contribution in [1.29, 1.82) is 5.41 Å². The topological polar surface area (TPSA) is 81.0 Å². The van der Waals surface area contributed by atoms with Gasteiger partial charge < -0.3 is 9.64 Å². The number of aliphatic imine (C=N–C) groups is 1. The van der Waals surface area contributed by atoms with Gasteiger partial charge in [-0.1, -0.05) is 6.08 Å². The van der Waals surface area contributed by atoms with E-state index in [0.29, 0.717) is 12.5 Å². The first-order valence-electron chi connectivity index (χ1n) is 8.57. The van der Waals surface area contributed by atoms with Crippen molar-refractivity contribution < 1.29 is 9.53 Å². The van der Waals surface area contributed by atoms with E-state index in [-0.39, 0.29) is 17.5 Å². The molecule has 0 radical (unpaired) electrons. The Labute approximate surface area is 143 Å². The fourth-order valence-electron chi connectivity index (χ4n) is 3.72. The monoisotopic (exact) mass is 333 g/mol. The Bertz CT molecular complexity index is 607. The molecule has 0 aromatic rings. The summed E-state index contributed by atoms with van der Waals surface area (Å²) in [6.45, 7) is 9.29. The number of hydrogen-bond donors (Lipinski definition) is 2. The van der Waals surface area contributed by atoms with Gasteiger partial charge >= 0.3 is 6.09 Å². The molecule has 3 rings (SSSR count). The molecule has 3 heterocycles. The maximum atomic E-state index is 12.4. The van der Waals surface area contributed by atoms with Crippen LogP contribution in [0.3, 0.4) is 0 Å². The van der Waals surface area contributed by atoms with Gasteiger partial charge in [0.1, 0.15) is 11.9 Å². The Morgan fingerprint density at radius 2 is 2.25 bits per heavy atom. The number of amides is 1. The first kappa shape index (κ1) is 16.8. The molecule has 0 spiro atoms. The molecule has 0 aromatic heterocycles. The molecule has 1 saturated heterocycles. The van der Waals surface area contributed by atoms with Gasteiger partial charge in [0.05, 0.1) is 11.2 Å². The van der Waals surface area contributed by atoms with E-state index in [4.69, 9.17) is 10.1 Å². The molecule has 0 saturated carbocycles. The van der Waals surface area contributed by atoms with Crippen LogP contribution in [-0.4, -0.2) is 52.4 Å². The van der Waals surface area contributed by atoms with E-state index in [1.165, 1.54) is 0 Å². The number of hydrazine groups is 1. The number of carbonyl (C=O) groups excluding carboxylic acids is 1. The number of nitrogens with one attached hydrogen (secondary N) is 2. The second-order valence-electron chi connectivity index (χ2n) is 7.99. The van der Waals surface area contributed by atoms with Gasteiger partial charge in [0.15, 0.2) is 5.84 Å². The summed E-state index contributed by atoms with van der Waals surface area (Å²) in [5.41, 5.74) is 3.36. The van der Waals surface area contributed by atoms with Gasteiger partial charge in [-0.15, -0.1) is 0 Å². The zero-order valence-electron chi connectivity index (χ0n) is 14.9. The summed E-state index contributed by atoms with van der Waals surface area (Å²) in [5.74, 6) is 0.594. The standard InChI is InChI=1S/C17H27N5O2/c1-16(2,3)24-15(23)21-9-5-6-12(10-21)17(4)8-7-13-14(18)19-11-20-22(13)17/h7,11-12H,5-6,8-10H2,1-4H3,(H2,18,19,20)/t12-,17?/m1/s1. The molecule has 3 aliphatic heterocycles.